The average Bonchev–Trinajstić information content (AvgIpc) is 2.46. The minimum atomic E-state index is -0.601. The molecule has 0 spiro atoms. The third-order valence-corrected chi connectivity index (χ3v) is 2.85. The Morgan fingerprint density at radius 1 is 1.21 bits per heavy atom. The summed E-state index contributed by atoms with van der Waals surface area (Å²) in [5, 5.41) is 21.8. The molecule has 0 fully saturated rings. The third-order valence-electron chi connectivity index (χ3n) is 2.85. The predicted molar refractivity (Wildman–Crippen MR) is 75.5 cm³/mol. The van der Waals surface area contributed by atoms with Crippen molar-refractivity contribution in [3.05, 3.63) is 59.7 Å². The number of benzene rings is 2. The van der Waals surface area contributed by atoms with Crippen LogP contribution in [-0.2, 0) is 0 Å². The number of nitriles is 1. The Morgan fingerprint density at radius 2 is 1.95 bits per heavy atom. The summed E-state index contributed by atoms with van der Waals surface area (Å²) in [5.74, 6) is 0. The molecule has 2 aromatic carbocycles. The van der Waals surface area contributed by atoms with E-state index in [1.54, 1.807) is 18.2 Å². The fourth-order valence-corrected chi connectivity index (χ4v) is 1.79. The second-order valence-corrected chi connectivity index (χ2v) is 4.22. The van der Waals surface area contributed by atoms with Gasteiger partial charge in [-0.25, -0.2) is 0 Å². The second-order valence-electron chi connectivity index (χ2n) is 4.22. The number of nitrogen functional groups attached to an aromatic ring is 1. The summed E-state index contributed by atoms with van der Waals surface area (Å²) in [6.45, 7) is 0.361. The predicted octanol–water partition coefficient (Wildman–Crippen LogP) is 2.29. The summed E-state index contributed by atoms with van der Waals surface area (Å²) < 4.78 is 0. The van der Waals surface area contributed by atoms with Crippen molar-refractivity contribution in [2.75, 3.05) is 17.6 Å². The summed E-state index contributed by atoms with van der Waals surface area (Å²) in [6.07, 6.45) is -0.601. The highest BCUT2D eigenvalue weighted by molar-refractivity contribution is 5.68. The zero-order chi connectivity index (χ0) is 13.7. The maximum atomic E-state index is 10.0. The Labute approximate surface area is 112 Å². The first-order valence-corrected chi connectivity index (χ1v) is 5.97. The Hall–Kier alpha value is -2.51. The molecular formula is C15H15N3O. The topological polar surface area (TPSA) is 82.1 Å². The zero-order valence-electron chi connectivity index (χ0n) is 10.4. The highest BCUT2D eigenvalue weighted by atomic mass is 16.3. The van der Waals surface area contributed by atoms with Crippen molar-refractivity contribution in [2.24, 2.45) is 0 Å². The highest BCUT2D eigenvalue weighted by Crippen LogP contribution is 2.21. The molecule has 1 atom stereocenters. The molecule has 0 aliphatic heterocycles. The van der Waals surface area contributed by atoms with E-state index in [9.17, 15) is 5.11 Å². The van der Waals surface area contributed by atoms with Gasteiger partial charge in [0.25, 0.3) is 0 Å². The van der Waals surface area contributed by atoms with E-state index in [1.165, 1.54) is 0 Å². The van der Waals surface area contributed by atoms with Crippen LogP contribution in [0.2, 0.25) is 0 Å². The highest BCUT2D eigenvalue weighted by Gasteiger charge is 2.07. The number of nitrogens with two attached hydrogens (primary N) is 1. The summed E-state index contributed by atoms with van der Waals surface area (Å²) in [4.78, 5) is 0. The van der Waals surface area contributed by atoms with Crippen LogP contribution in [0.15, 0.2) is 48.5 Å². The molecule has 4 heteroatoms. The lowest BCUT2D eigenvalue weighted by Gasteiger charge is -2.14. The summed E-state index contributed by atoms with van der Waals surface area (Å²) in [7, 11) is 0. The smallest absolute Gasteiger partial charge is 0.0992 e. The van der Waals surface area contributed by atoms with Crippen LogP contribution in [0.5, 0.6) is 0 Å². The maximum Gasteiger partial charge on any atom is 0.0992 e. The van der Waals surface area contributed by atoms with Crippen LogP contribution in [0.1, 0.15) is 17.2 Å². The minimum Gasteiger partial charge on any atom is -0.397 e. The molecular weight excluding hydrogens is 238 g/mol. The lowest BCUT2D eigenvalue weighted by molar-refractivity contribution is 0.191. The molecule has 0 heterocycles. The molecule has 0 saturated heterocycles. The lowest BCUT2D eigenvalue weighted by Crippen LogP contribution is -2.13. The van der Waals surface area contributed by atoms with Gasteiger partial charge in [0.1, 0.15) is 0 Å². The fraction of sp³-hybridized carbons (Fsp3) is 0.133. The first-order chi connectivity index (χ1) is 9.20. The summed E-state index contributed by atoms with van der Waals surface area (Å²) >= 11 is 0. The van der Waals surface area contributed by atoms with E-state index in [-0.39, 0.29) is 0 Å². The number of hydrogen-bond donors (Lipinski definition) is 3. The molecule has 0 radical (unpaired) electrons. The SMILES string of the molecule is N#Cc1ccc(NCC(O)c2ccccc2)c(N)c1. The number of rotatable bonds is 4. The second kappa shape index (κ2) is 5.89. The third kappa shape index (κ3) is 3.24. The quantitative estimate of drug-likeness (QED) is 0.730. The largest absolute Gasteiger partial charge is 0.397 e. The molecule has 0 aliphatic rings. The van der Waals surface area contributed by atoms with Crippen LogP contribution < -0.4 is 11.1 Å². The van der Waals surface area contributed by atoms with E-state index in [4.69, 9.17) is 11.0 Å². The fourth-order valence-electron chi connectivity index (χ4n) is 1.79. The monoisotopic (exact) mass is 253 g/mol. The Kier molecular flexibility index (Phi) is 4.01. The Bertz CT molecular complexity index is 590. The van der Waals surface area contributed by atoms with Gasteiger partial charge in [0, 0.05) is 6.54 Å². The standard InChI is InChI=1S/C15H15N3O/c16-9-11-6-7-14(13(17)8-11)18-10-15(19)12-4-2-1-3-5-12/h1-8,15,18-19H,10,17H2. The molecule has 4 nitrogen and oxygen atoms in total. The Balaban J connectivity index is 2.01. The van der Waals surface area contributed by atoms with Gasteiger partial charge in [0.2, 0.25) is 0 Å². The number of hydrogen-bond acceptors (Lipinski definition) is 4. The normalized spacial score (nSPS) is 11.6. The molecule has 2 aromatic rings. The average molecular weight is 253 g/mol. The van der Waals surface area contributed by atoms with Gasteiger partial charge in [-0.15, -0.1) is 0 Å². The molecule has 96 valence electrons. The van der Waals surface area contributed by atoms with Gasteiger partial charge in [-0.05, 0) is 23.8 Å². The van der Waals surface area contributed by atoms with E-state index in [2.05, 4.69) is 5.32 Å². The number of aliphatic hydroxyl groups is 1. The van der Waals surface area contributed by atoms with Crippen LogP contribution >= 0.6 is 0 Å². The van der Waals surface area contributed by atoms with E-state index in [0.717, 1.165) is 5.56 Å². The van der Waals surface area contributed by atoms with Gasteiger partial charge < -0.3 is 16.2 Å². The number of aliphatic hydroxyl groups excluding tert-OH is 1. The van der Waals surface area contributed by atoms with E-state index >= 15 is 0 Å². The molecule has 2 rings (SSSR count). The van der Waals surface area contributed by atoms with E-state index < -0.39 is 6.10 Å². The van der Waals surface area contributed by atoms with Crippen molar-refractivity contribution in [3.8, 4) is 6.07 Å². The van der Waals surface area contributed by atoms with E-state index in [0.29, 0.717) is 23.5 Å². The molecule has 1 unspecified atom stereocenters. The van der Waals surface area contributed by atoms with Gasteiger partial charge in [0.15, 0.2) is 0 Å². The molecule has 19 heavy (non-hydrogen) atoms. The van der Waals surface area contributed by atoms with Crippen LogP contribution in [0.25, 0.3) is 0 Å². The van der Waals surface area contributed by atoms with Gasteiger partial charge in [0.05, 0.1) is 29.1 Å². The van der Waals surface area contributed by atoms with Crippen LogP contribution in [0.4, 0.5) is 11.4 Å². The van der Waals surface area contributed by atoms with Gasteiger partial charge in [-0.3, -0.25) is 0 Å². The molecule has 0 aliphatic carbocycles. The first-order valence-electron chi connectivity index (χ1n) is 5.97. The summed E-state index contributed by atoms with van der Waals surface area (Å²) in [6, 6.07) is 16.5. The van der Waals surface area contributed by atoms with Crippen LogP contribution in [0.3, 0.4) is 0 Å². The molecule has 0 saturated carbocycles. The van der Waals surface area contributed by atoms with Crippen LogP contribution in [-0.4, -0.2) is 11.7 Å². The van der Waals surface area contributed by atoms with Crippen molar-refractivity contribution in [3.63, 3.8) is 0 Å². The van der Waals surface area contributed by atoms with Crippen molar-refractivity contribution >= 4 is 11.4 Å². The van der Waals surface area contributed by atoms with Crippen molar-refractivity contribution in [2.45, 2.75) is 6.10 Å². The van der Waals surface area contributed by atoms with Gasteiger partial charge in [-0.1, -0.05) is 30.3 Å². The van der Waals surface area contributed by atoms with Crippen LogP contribution in [0, 0.1) is 11.3 Å². The number of anilines is 2. The lowest BCUT2D eigenvalue weighted by atomic mass is 10.1. The van der Waals surface area contributed by atoms with Gasteiger partial charge in [-0.2, -0.15) is 5.26 Å². The zero-order valence-corrected chi connectivity index (χ0v) is 10.4. The van der Waals surface area contributed by atoms with Crippen molar-refractivity contribution < 1.29 is 5.11 Å². The first kappa shape index (κ1) is 12.9. The van der Waals surface area contributed by atoms with E-state index in [1.807, 2.05) is 36.4 Å². The van der Waals surface area contributed by atoms with Crippen molar-refractivity contribution in [1.82, 2.24) is 0 Å². The molecule has 4 N–H and O–H groups in total. The summed E-state index contributed by atoms with van der Waals surface area (Å²) in [5.41, 5.74) is 8.41. The number of nitrogens with one attached hydrogen (secondary N) is 1. The molecule has 0 bridgehead atoms. The minimum absolute atomic E-state index is 0.361. The molecule has 0 aromatic heterocycles. The van der Waals surface area contributed by atoms with Gasteiger partial charge >= 0.3 is 0 Å². The molecule has 0 amide bonds. The number of nitrogens with zero attached hydrogens (tertiary/aromatic N) is 1. The Morgan fingerprint density at radius 3 is 2.58 bits per heavy atom. The maximum absolute atomic E-state index is 10.0. The van der Waals surface area contributed by atoms with Crippen molar-refractivity contribution in [1.29, 1.82) is 5.26 Å².